The molecule has 0 bridgehead atoms. The number of halogens is 3. The van der Waals surface area contributed by atoms with Crippen molar-refractivity contribution in [3.8, 4) is 0 Å². The van der Waals surface area contributed by atoms with Crippen LogP contribution in [0, 0.1) is 11.6 Å². The molecule has 0 aromatic heterocycles. The maximum absolute atomic E-state index is 13.0. The Morgan fingerprint density at radius 1 is 1.40 bits per heavy atom. The number of carbonyl (C=O) groups excluding carboxylic acids is 1. The summed E-state index contributed by atoms with van der Waals surface area (Å²) in [7, 11) is 0. The quantitative estimate of drug-likeness (QED) is 0.891. The number of likely N-dealkylation sites (tertiary alicyclic amines) is 1. The average Bonchev–Trinajstić information content (AvgIpc) is 2.81. The van der Waals surface area contributed by atoms with E-state index in [1.165, 1.54) is 6.07 Å². The van der Waals surface area contributed by atoms with E-state index in [-0.39, 0.29) is 36.6 Å². The zero-order chi connectivity index (χ0) is 13.8. The Bertz CT molecular complexity index is 473. The van der Waals surface area contributed by atoms with Crippen LogP contribution in [0.25, 0.3) is 0 Å². The van der Waals surface area contributed by atoms with Gasteiger partial charge >= 0.3 is 0 Å². The van der Waals surface area contributed by atoms with Crippen LogP contribution in [0.15, 0.2) is 18.2 Å². The van der Waals surface area contributed by atoms with Gasteiger partial charge < -0.3 is 11.1 Å². The Labute approximate surface area is 122 Å². The van der Waals surface area contributed by atoms with E-state index >= 15 is 0 Å². The van der Waals surface area contributed by atoms with E-state index in [2.05, 4.69) is 5.32 Å². The minimum atomic E-state index is -0.973. The van der Waals surface area contributed by atoms with Crippen molar-refractivity contribution >= 4 is 24.0 Å². The molecular weight excluding hydrogens is 288 g/mol. The van der Waals surface area contributed by atoms with Gasteiger partial charge in [0.25, 0.3) is 0 Å². The van der Waals surface area contributed by atoms with Crippen molar-refractivity contribution in [3.05, 3.63) is 29.8 Å². The number of rotatable bonds is 4. The number of hydrogen-bond donors (Lipinski definition) is 2. The first-order valence-electron chi connectivity index (χ1n) is 6.29. The van der Waals surface area contributed by atoms with Crippen molar-refractivity contribution < 1.29 is 13.6 Å². The molecule has 3 N–H and O–H groups in total. The van der Waals surface area contributed by atoms with Crippen LogP contribution < -0.4 is 11.1 Å². The maximum atomic E-state index is 13.0. The molecule has 0 saturated carbocycles. The summed E-state index contributed by atoms with van der Waals surface area (Å²) in [6.07, 6.45) is 2.02. The largest absolute Gasteiger partial charge is 0.329 e. The fourth-order valence-electron chi connectivity index (χ4n) is 2.33. The van der Waals surface area contributed by atoms with Crippen molar-refractivity contribution in [2.45, 2.75) is 18.9 Å². The SMILES string of the molecule is Cl.NCC1CCCN1CC(=O)Nc1ccc(F)c(F)c1. The molecule has 112 valence electrons. The highest BCUT2D eigenvalue weighted by molar-refractivity contribution is 5.92. The van der Waals surface area contributed by atoms with E-state index < -0.39 is 11.6 Å². The van der Waals surface area contributed by atoms with Gasteiger partial charge in [0.05, 0.1) is 6.54 Å². The predicted octanol–water partition coefficient (Wildman–Crippen LogP) is 1.75. The zero-order valence-corrected chi connectivity index (χ0v) is 11.8. The van der Waals surface area contributed by atoms with Gasteiger partial charge in [0.15, 0.2) is 11.6 Å². The number of benzene rings is 1. The first kappa shape index (κ1) is 16.8. The van der Waals surface area contributed by atoms with Gasteiger partial charge in [-0.3, -0.25) is 9.69 Å². The Kier molecular flexibility index (Phi) is 6.32. The molecule has 1 aromatic carbocycles. The molecule has 1 aliphatic heterocycles. The fraction of sp³-hybridized carbons (Fsp3) is 0.462. The van der Waals surface area contributed by atoms with Gasteiger partial charge in [0.2, 0.25) is 5.91 Å². The average molecular weight is 306 g/mol. The van der Waals surface area contributed by atoms with Crippen LogP contribution in [0.5, 0.6) is 0 Å². The summed E-state index contributed by atoms with van der Waals surface area (Å²) in [6.45, 7) is 1.59. The zero-order valence-electron chi connectivity index (χ0n) is 10.9. The summed E-state index contributed by atoms with van der Waals surface area (Å²) in [5.41, 5.74) is 5.88. The first-order valence-corrected chi connectivity index (χ1v) is 6.29. The van der Waals surface area contributed by atoms with Crippen molar-refractivity contribution in [2.24, 2.45) is 5.73 Å². The lowest BCUT2D eigenvalue weighted by molar-refractivity contribution is -0.117. The molecule has 1 heterocycles. The molecule has 1 unspecified atom stereocenters. The third-order valence-corrected chi connectivity index (χ3v) is 3.32. The van der Waals surface area contributed by atoms with E-state index in [1.54, 1.807) is 0 Å². The van der Waals surface area contributed by atoms with Crippen LogP contribution >= 0.6 is 12.4 Å². The molecule has 0 aliphatic carbocycles. The molecule has 2 rings (SSSR count). The molecule has 4 nitrogen and oxygen atoms in total. The topological polar surface area (TPSA) is 58.4 Å². The number of amides is 1. The lowest BCUT2D eigenvalue weighted by atomic mass is 10.2. The lowest BCUT2D eigenvalue weighted by Crippen LogP contribution is -2.40. The number of carbonyl (C=O) groups is 1. The van der Waals surface area contributed by atoms with Crippen molar-refractivity contribution in [1.29, 1.82) is 0 Å². The summed E-state index contributed by atoms with van der Waals surface area (Å²) in [6, 6.07) is 3.53. The summed E-state index contributed by atoms with van der Waals surface area (Å²) in [4.78, 5) is 13.8. The minimum Gasteiger partial charge on any atom is -0.329 e. The Morgan fingerprint density at radius 2 is 2.15 bits per heavy atom. The number of hydrogen-bond acceptors (Lipinski definition) is 3. The molecular formula is C13H18ClF2N3O. The lowest BCUT2D eigenvalue weighted by Gasteiger charge is -2.22. The molecule has 7 heteroatoms. The predicted molar refractivity (Wildman–Crippen MR) is 75.9 cm³/mol. The molecule has 0 spiro atoms. The number of anilines is 1. The van der Waals surface area contributed by atoms with E-state index in [1.807, 2.05) is 4.90 Å². The highest BCUT2D eigenvalue weighted by Gasteiger charge is 2.24. The van der Waals surface area contributed by atoms with Gasteiger partial charge in [-0.2, -0.15) is 0 Å². The van der Waals surface area contributed by atoms with Crippen LogP contribution in [0.4, 0.5) is 14.5 Å². The number of nitrogens with zero attached hydrogens (tertiary/aromatic N) is 1. The van der Waals surface area contributed by atoms with E-state index in [4.69, 9.17) is 5.73 Å². The second-order valence-electron chi connectivity index (χ2n) is 4.68. The van der Waals surface area contributed by atoms with Gasteiger partial charge in [-0.25, -0.2) is 8.78 Å². The molecule has 1 amide bonds. The highest BCUT2D eigenvalue weighted by Crippen LogP contribution is 2.16. The van der Waals surface area contributed by atoms with Crippen molar-refractivity contribution in [3.63, 3.8) is 0 Å². The van der Waals surface area contributed by atoms with Crippen LogP contribution in [0.3, 0.4) is 0 Å². The van der Waals surface area contributed by atoms with Crippen LogP contribution in [0.2, 0.25) is 0 Å². The van der Waals surface area contributed by atoms with Gasteiger partial charge in [0.1, 0.15) is 0 Å². The van der Waals surface area contributed by atoms with E-state index in [9.17, 15) is 13.6 Å². The second kappa shape index (κ2) is 7.52. The first-order chi connectivity index (χ1) is 9.10. The Balaban J connectivity index is 0.00000200. The summed E-state index contributed by atoms with van der Waals surface area (Å²) >= 11 is 0. The molecule has 1 saturated heterocycles. The van der Waals surface area contributed by atoms with E-state index in [0.29, 0.717) is 6.54 Å². The summed E-state index contributed by atoms with van der Waals surface area (Å²) < 4.78 is 25.7. The second-order valence-corrected chi connectivity index (χ2v) is 4.68. The smallest absolute Gasteiger partial charge is 0.238 e. The molecule has 20 heavy (non-hydrogen) atoms. The highest BCUT2D eigenvalue weighted by atomic mass is 35.5. The molecule has 1 atom stereocenters. The molecule has 1 fully saturated rings. The normalized spacial score (nSPS) is 18.6. The van der Waals surface area contributed by atoms with Gasteiger partial charge in [-0.05, 0) is 31.5 Å². The third kappa shape index (κ3) is 4.13. The van der Waals surface area contributed by atoms with Crippen molar-refractivity contribution in [2.75, 3.05) is 25.0 Å². The van der Waals surface area contributed by atoms with Gasteiger partial charge in [-0.15, -0.1) is 12.4 Å². The fourth-order valence-corrected chi connectivity index (χ4v) is 2.33. The summed E-state index contributed by atoms with van der Waals surface area (Å²) in [5, 5.41) is 2.55. The molecule has 0 radical (unpaired) electrons. The number of nitrogens with two attached hydrogens (primary N) is 1. The van der Waals surface area contributed by atoms with Crippen LogP contribution in [-0.4, -0.2) is 36.5 Å². The Hall–Kier alpha value is -1.24. The molecule has 1 aromatic rings. The number of nitrogens with one attached hydrogen (secondary N) is 1. The Morgan fingerprint density at radius 3 is 2.80 bits per heavy atom. The molecule has 1 aliphatic rings. The monoisotopic (exact) mass is 305 g/mol. The van der Waals surface area contributed by atoms with E-state index in [0.717, 1.165) is 31.5 Å². The summed E-state index contributed by atoms with van der Waals surface area (Å²) in [5.74, 6) is -2.15. The van der Waals surface area contributed by atoms with Crippen molar-refractivity contribution in [1.82, 2.24) is 4.90 Å². The van der Waals surface area contributed by atoms with Crippen LogP contribution in [0.1, 0.15) is 12.8 Å². The van der Waals surface area contributed by atoms with Gasteiger partial charge in [0, 0.05) is 24.3 Å². The maximum Gasteiger partial charge on any atom is 0.238 e. The van der Waals surface area contributed by atoms with Gasteiger partial charge in [-0.1, -0.05) is 0 Å². The standard InChI is InChI=1S/C13H17F2N3O.ClH/c14-11-4-3-9(6-12(11)15)17-13(19)8-18-5-1-2-10(18)7-16;/h3-4,6,10H,1-2,5,7-8,16H2,(H,17,19);1H. The third-order valence-electron chi connectivity index (χ3n) is 3.32. The van der Waals surface area contributed by atoms with Crippen LogP contribution in [-0.2, 0) is 4.79 Å². The minimum absolute atomic E-state index is 0.